The molecule has 0 aliphatic carbocycles. The van der Waals surface area contributed by atoms with Gasteiger partial charge in [-0.25, -0.2) is 4.63 Å². The van der Waals surface area contributed by atoms with Gasteiger partial charge in [-0.15, -0.1) is 0 Å². The van der Waals surface area contributed by atoms with E-state index in [-0.39, 0.29) is 30.4 Å². The van der Waals surface area contributed by atoms with Gasteiger partial charge in [0.2, 0.25) is 5.52 Å². The van der Waals surface area contributed by atoms with Gasteiger partial charge in [-0.05, 0) is 42.1 Å². The summed E-state index contributed by atoms with van der Waals surface area (Å²) in [6, 6.07) is 3.06. The molecule has 44 heavy (non-hydrogen) atoms. The molecule has 0 radical (unpaired) electrons. The molecule has 0 spiro atoms. The van der Waals surface area contributed by atoms with Crippen LogP contribution in [-0.4, -0.2) is 70.5 Å². The third-order valence-corrected chi connectivity index (χ3v) is 7.68. The lowest BCUT2D eigenvalue weighted by molar-refractivity contribution is -0.383. The van der Waals surface area contributed by atoms with Gasteiger partial charge >= 0.3 is 11.7 Å². The summed E-state index contributed by atoms with van der Waals surface area (Å²) in [5.41, 5.74) is 1.12. The van der Waals surface area contributed by atoms with E-state index in [4.69, 9.17) is 14.6 Å². The monoisotopic (exact) mass is 622 g/mol. The largest absolute Gasteiger partial charge is 0.466 e. The minimum absolute atomic E-state index is 0.0702. The van der Waals surface area contributed by atoms with Gasteiger partial charge in [0, 0.05) is 25.6 Å². The summed E-state index contributed by atoms with van der Waals surface area (Å²) in [5.74, 6) is -0.0702. The topological polar surface area (TPSA) is 170 Å². The number of nitrogens with zero attached hydrogens (tertiary/aromatic N) is 3. The van der Waals surface area contributed by atoms with Gasteiger partial charge in [-0.3, -0.25) is 14.9 Å². The maximum atomic E-state index is 11.9. The number of aliphatic hydroxyl groups excluding tert-OH is 2. The predicted molar refractivity (Wildman–Crippen MR) is 170 cm³/mol. The molecular weight excluding hydrogens is 568 g/mol. The smallest absolute Gasteiger partial charge is 0.305 e. The number of ether oxygens (including phenoxy) is 2. The second kappa shape index (κ2) is 24.5. The zero-order chi connectivity index (χ0) is 31.7. The van der Waals surface area contributed by atoms with Gasteiger partial charge < -0.3 is 25.0 Å². The first-order chi connectivity index (χ1) is 21.5. The van der Waals surface area contributed by atoms with Crippen molar-refractivity contribution < 1.29 is 34.0 Å². The number of rotatable bonds is 29. The van der Waals surface area contributed by atoms with Crippen molar-refractivity contribution >= 4 is 28.4 Å². The molecule has 0 unspecified atom stereocenters. The zero-order valence-electron chi connectivity index (χ0n) is 26.4. The minimum atomic E-state index is -0.763. The zero-order valence-corrected chi connectivity index (χ0v) is 26.4. The second-order valence-corrected chi connectivity index (χ2v) is 11.5. The quantitative estimate of drug-likeness (QED) is 0.0374. The van der Waals surface area contributed by atoms with Crippen LogP contribution in [-0.2, 0) is 14.3 Å². The van der Waals surface area contributed by atoms with Crippen molar-refractivity contribution in [1.29, 1.82) is 0 Å². The van der Waals surface area contributed by atoms with Crippen molar-refractivity contribution in [2.24, 2.45) is 0 Å². The summed E-state index contributed by atoms with van der Waals surface area (Å²) in [7, 11) is 0. The molecule has 12 heteroatoms. The molecule has 0 aliphatic rings. The van der Waals surface area contributed by atoms with E-state index < -0.39 is 11.0 Å². The number of unbranched alkanes of at least 4 members (excludes halogenated alkanes) is 16. The minimum Gasteiger partial charge on any atom is -0.466 e. The van der Waals surface area contributed by atoms with E-state index in [9.17, 15) is 20.0 Å². The van der Waals surface area contributed by atoms with Crippen LogP contribution in [0.5, 0.6) is 0 Å². The number of benzene rings is 1. The predicted octanol–water partition coefficient (Wildman–Crippen LogP) is 6.87. The average molecular weight is 623 g/mol. The molecule has 0 bridgehead atoms. The molecular formula is C32H54N4O8. The number of aliphatic hydroxyl groups is 2. The Bertz CT molecular complexity index is 1030. The maximum Gasteiger partial charge on any atom is 0.305 e. The summed E-state index contributed by atoms with van der Waals surface area (Å²) in [5, 5.41) is 39.7. The van der Waals surface area contributed by atoms with Gasteiger partial charge in [-0.2, -0.15) is 0 Å². The van der Waals surface area contributed by atoms with E-state index in [2.05, 4.69) is 20.3 Å². The van der Waals surface area contributed by atoms with Crippen LogP contribution >= 0.6 is 0 Å². The number of nitrogens with one attached hydrogen (secondary N) is 1. The lowest BCUT2D eigenvalue weighted by Gasteiger charge is -2.08. The van der Waals surface area contributed by atoms with Crippen molar-refractivity contribution in [3.05, 3.63) is 22.2 Å². The summed E-state index contributed by atoms with van der Waals surface area (Å²) in [4.78, 5) is 22.5. The first-order valence-electron chi connectivity index (χ1n) is 16.7. The Morgan fingerprint density at radius 1 is 0.818 bits per heavy atom. The van der Waals surface area contributed by atoms with Crippen molar-refractivity contribution in [3.63, 3.8) is 0 Å². The fourth-order valence-electron chi connectivity index (χ4n) is 5.07. The fourth-order valence-corrected chi connectivity index (χ4v) is 5.07. The van der Waals surface area contributed by atoms with Crippen LogP contribution in [0.3, 0.4) is 0 Å². The van der Waals surface area contributed by atoms with Gasteiger partial charge in [0.25, 0.3) is 0 Å². The second-order valence-electron chi connectivity index (χ2n) is 11.5. The standard InChI is InChI=1S/C32H54N4O8/c37-25-27(38)26-42-23-17-13-9-5-1-2-6-10-14-18-24-43-30(39)19-15-11-7-3-4-8-12-16-22-33-28-20-21-29(36(40)41)32-31(28)34-44-35-32/h20-21,27,33,37-38H,1-19,22-26H2/t27-/m0/s1. The first kappa shape index (κ1) is 37.4. The molecule has 0 aliphatic heterocycles. The highest BCUT2D eigenvalue weighted by Gasteiger charge is 2.19. The molecule has 1 atom stereocenters. The highest BCUT2D eigenvalue weighted by atomic mass is 16.6. The Morgan fingerprint density at radius 2 is 1.36 bits per heavy atom. The Hall–Kier alpha value is -2.83. The number of hydrogen-bond acceptors (Lipinski definition) is 11. The number of carbonyl (C=O) groups excluding carboxylic acids is 1. The van der Waals surface area contributed by atoms with Crippen LogP contribution in [0.15, 0.2) is 16.8 Å². The number of nitro benzene ring substituents is 1. The molecule has 250 valence electrons. The van der Waals surface area contributed by atoms with Crippen LogP contribution in [0.4, 0.5) is 11.4 Å². The van der Waals surface area contributed by atoms with E-state index in [1.807, 2.05) is 0 Å². The molecule has 0 saturated heterocycles. The highest BCUT2D eigenvalue weighted by Crippen LogP contribution is 2.28. The van der Waals surface area contributed by atoms with Gasteiger partial charge in [0.15, 0.2) is 5.52 Å². The maximum absolute atomic E-state index is 11.9. The molecule has 2 rings (SSSR count). The van der Waals surface area contributed by atoms with Crippen LogP contribution in [0.25, 0.3) is 11.0 Å². The number of hydrogen-bond donors (Lipinski definition) is 3. The van der Waals surface area contributed by atoms with Crippen LogP contribution in [0.1, 0.15) is 122 Å². The summed E-state index contributed by atoms with van der Waals surface area (Å²) in [6.45, 7) is 1.90. The summed E-state index contributed by atoms with van der Waals surface area (Å²) >= 11 is 0. The number of aromatic nitrogens is 2. The van der Waals surface area contributed by atoms with Crippen molar-refractivity contribution in [2.75, 3.05) is 38.3 Å². The lowest BCUT2D eigenvalue weighted by Crippen LogP contribution is -2.19. The van der Waals surface area contributed by atoms with Crippen LogP contribution in [0.2, 0.25) is 0 Å². The number of nitro groups is 1. The summed E-state index contributed by atoms with van der Waals surface area (Å²) < 4.78 is 15.4. The number of esters is 1. The molecule has 1 heterocycles. The molecule has 12 nitrogen and oxygen atoms in total. The third kappa shape index (κ3) is 16.9. The van der Waals surface area contributed by atoms with E-state index in [1.54, 1.807) is 6.07 Å². The Morgan fingerprint density at radius 3 is 1.98 bits per heavy atom. The third-order valence-electron chi connectivity index (χ3n) is 7.68. The Balaban J connectivity index is 1.28. The van der Waals surface area contributed by atoms with Crippen LogP contribution < -0.4 is 5.32 Å². The molecule has 2 aromatic rings. The molecule has 1 aromatic heterocycles. The molecule has 1 aromatic carbocycles. The van der Waals surface area contributed by atoms with Crippen LogP contribution in [0, 0.1) is 10.1 Å². The van der Waals surface area contributed by atoms with Gasteiger partial charge in [0.1, 0.15) is 6.10 Å². The number of non-ortho nitro benzene ring substituents is 1. The molecule has 0 saturated carbocycles. The fraction of sp³-hybridized carbons (Fsp3) is 0.781. The number of fused-ring (bicyclic) bond motifs is 1. The normalized spacial score (nSPS) is 12.0. The number of carbonyl (C=O) groups is 1. The molecule has 3 N–H and O–H groups in total. The average Bonchev–Trinajstić information content (AvgIpc) is 3.51. The summed E-state index contributed by atoms with van der Waals surface area (Å²) in [6.07, 6.45) is 20.0. The van der Waals surface area contributed by atoms with E-state index in [1.165, 1.54) is 57.4 Å². The molecule has 0 amide bonds. The Labute approximate surface area is 261 Å². The van der Waals surface area contributed by atoms with Gasteiger partial charge in [0.05, 0.1) is 30.4 Å². The van der Waals surface area contributed by atoms with E-state index in [0.717, 1.165) is 70.8 Å². The van der Waals surface area contributed by atoms with E-state index in [0.29, 0.717) is 30.8 Å². The van der Waals surface area contributed by atoms with Gasteiger partial charge in [-0.1, -0.05) is 89.9 Å². The van der Waals surface area contributed by atoms with E-state index >= 15 is 0 Å². The SMILES string of the molecule is O=C(CCCCCCCCCCNc1ccc([N+](=O)[O-])c2nonc12)OCCCCCCCCCCCCOC[C@@H](O)CO. The highest BCUT2D eigenvalue weighted by molar-refractivity contribution is 5.93. The Kier molecular flexibility index (Phi) is 20.8. The van der Waals surface area contributed by atoms with Crippen molar-refractivity contribution in [2.45, 2.75) is 128 Å². The van der Waals surface area contributed by atoms with Crippen molar-refractivity contribution in [1.82, 2.24) is 10.3 Å². The molecule has 0 fully saturated rings. The number of anilines is 1. The lowest BCUT2D eigenvalue weighted by atomic mass is 10.1. The van der Waals surface area contributed by atoms with Crippen molar-refractivity contribution in [3.8, 4) is 0 Å². The first-order valence-corrected chi connectivity index (χ1v) is 16.7.